The van der Waals surface area contributed by atoms with Gasteiger partial charge >= 0.3 is 0 Å². The second-order valence-electron chi connectivity index (χ2n) is 7.35. The van der Waals surface area contributed by atoms with Crippen molar-refractivity contribution in [3.05, 3.63) is 78.4 Å². The zero-order valence-corrected chi connectivity index (χ0v) is 19.6. The van der Waals surface area contributed by atoms with Gasteiger partial charge in [-0.05, 0) is 60.1 Å². The highest BCUT2D eigenvalue weighted by atomic mass is 32.1. The molecule has 3 aromatic carbocycles. The minimum absolute atomic E-state index is 0.0457. The molecule has 4 rings (SSSR count). The van der Waals surface area contributed by atoms with Crippen LogP contribution in [0.4, 0.5) is 10.8 Å². The minimum Gasteiger partial charge on any atom is -0.332 e. The lowest BCUT2D eigenvalue weighted by Gasteiger charge is -2.10. The Labute approximate surface area is 201 Å². The highest BCUT2D eigenvalue weighted by Crippen LogP contribution is 2.28. The van der Waals surface area contributed by atoms with E-state index < -0.39 is 0 Å². The standard InChI is InChI=1S/C25H22N4O2S2/c1-2-6-22(30)28-25-27-20-14-13-19(15-21(20)33-25)26-24(32)29-23(31)18-11-9-17(10-12-18)16-7-4-3-5-8-16/h3-5,7-15H,2,6H2,1H3,(H,27,28,30)(H2,26,29,31,32). The zero-order valence-electron chi connectivity index (χ0n) is 17.9. The van der Waals surface area contributed by atoms with Crippen molar-refractivity contribution in [3.8, 4) is 11.1 Å². The fourth-order valence-corrected chi connectivity index (χ4v) is 4.38. The first-order chi connectivity index (χ1) is 16.0. The van der Waals surface area contributed by atoms with Gasteiger partial charge in [-0.25, -0.2) is 4.98 Å². The summed E-state index contributed by atoms with van der Waals surface area (Å²) in [4.78, 5) is 28.8. The number of rotatable bonds is 6. The molecule has 0 fully saturated rings. The van der Waals surface area contributed by atoms with Gasteiger partial charge in [-0.15, -0.1) is 0 Å². The van der Waals surface area contributed by atoms with Crippen LogP contribution in [0.1, 0.15) is 30.1 Å². The predicted molar refractivity (Wildman–Crippen MR) is 139 cm³/mol. The number of thiazole rings is 1. The summed E-state index contributed by atoms with van der Waals surface area (Å²) >= 11 is 6.71. The Bertz CT molecular complexity index is 1300. The van der Waals surface area contributed by atoms with Gasteiger partial charge in [-0.2, -0.15) is 0 Å². The van der Waals surface area contributed by atoms with Crippen molar-refractivity contribution in [2.75, 3.05) is 10.6 Å². The van der Waals surface area contributed by atoms with Gasteiger partial charge in [0.15, 0.2) is 10.2 Å². The Kier molecular flexibility index (Phi) is 7.07. The summed E-state index contributed by atoms with van der Waals surface area (Å²) in [7, 11) is 0. The first kappa shape index (κ1) is 22.6. The van der Waals surface area contributed by atoms with E-state index in [1.54, 1.807) is 12.1 Å². The van der Waals surface area contributed by atoms with Gasteiger partial charge in [0.2, 0.25) is 5.91 Å². The van der Waals surface area contributed by atoms with Crippen molar-refractivity contribution < 1.29 is 9.59 Å². The Balaban J connectivity index is 1.37. The van der Waals surface area contributed by atoms with Crippen LogP contribution >= 0.6 is 23.6 Å². The van der Waals surface area contributed by atoms with Crippen LogP contribution in [0.5, 0.6) is 0 Å². The molecule has 0 saturated heterocycles. The molecule has 0 bridgehead atoms. The summed E-state index contributed by atoms with van der Waals surface area (Å²) in [6, 6.07) is 22.9. The molecule has 0 aliphatic heterocycles. The van der Waals surface area contributed by atoms with Crippen LogP contribution in [0.2, 0.25) is 0 Å². The SMILES string of the molecule is CCCC(=O)Nc1nc2ccc(NC(=S)NC(=O)c3ccc(-c4ccccc4)cc3)cc2s1. The van der Waals surface area contributed by atoms with E-state index in [1.165, 1.54) is 11.3 Å². The van der Waals surface area contributed by atoms with Crippen LogP contribution in [0.15, 0.2) is 72.8 Å². The quantitative estimate of drug-likeness (QED) is 0.306. The molecular formula is C25H22N4O2S2. The molecule has 4 aromatic rings. The molecule has 0 radical (unpaired) electrons. The first-order valence-corrected chi connectivity index (χ1v) is 11.7. The number of thiocarbonyl (C=S) groups is 1. The van der Waals surface area contributed by atoms with Crippen molar-refractivity contribution in [3.63, 3.8) is 0 Å². The summed E-state index contributed by atoms with van der Waals surface area (Å²) in [5.74, 6) is -0.331. The van der Waals surface area contributed by atoms with Crippen molar-refractivity contribution in [1.82, 2.24) is 10.3 Å². The number of carbonyl (C=O) groups is 2. The maximum Gasteiger partial charge on any atom is 0.257 e. The van der Waals surface area contributed by atoms with Crippen molar-refractivity contribution in [2.24, 2.45) is 0 Å². The number of amides is 2. The molecule has 33 heavy (non-hydrogen) atoms. The highest BCUT2D eigenvalue weighted by molar-refractivity contribution is 7.80. The number of benzene rings is 3. The fraction of sp³-hybridized carbons (Fsp3) is 0.120. The van der Waals surface area contributed by atoms with E-state index in [-0.39, 0.29) is 16.9 Å². The number of carbonyl (C=O) groups excluding carboxylic acids is 2. The number of nitrogens with zero attached hydrogens (tertiary/aromatic N) is 1. The molecule has 0 saturated carbocycles. The molecule has 1 heterocycles. The van der Waals surface area contributed by atoms with E-state index in [1.807, 2.05) is 67.6 Å². The Hall–Kier alpha value is -3.62. The van der Waals surface area contributed by atoms with Crippen LogP contribution < -0.4 is 16.0 Å². The molecule has 0 atom stereocenters. The van der Waals surface area contributed by atoms with Gasteiger partial charge in [0.05, 0.1) is 10.2 Å². The van der Waals surface area contributed by atoms with Gasteiger partial charge in [0, 0.05) is 17.7 Å². The fourth-order valence-electron chi connectivity index (χ4n) is 3.25. The smallest absolute Gasteiger partial charge is 0.257 e. The van der Waals surface area contributed by atoms with E-state index in [4.69, 9.17) is 12.2 Å². The van der Waals surface area contributed by atoms with Crippen molar-refractivity contribution >= 4 is 61.5 Å². The van der Waals surface area contributed by atoms with Crippen LogP contribution in [0.25, 0.3) is 21.3 Å². The third kappa shape index (κ3) is 5.79. The van der Waals surface area contributed by atoms with Gasteiger partial charge in [0.1, 0.15) is 0 Å². The third-order valence-corrected chi connectivity index (χ3v) is 5.99. The van der Waals surface area contributed by atoms with E-state index in [9.17, 15) is 9.59 Å². The number of anilines is 2. The highest BCUT2D eigenvalue weighted by Gasteiger charge is 2.11. The van der Waals surface area contributed by atoms with E-state index >= 15 is 0 Å². The molecule has 0 unspecified atom stereocenters. The maximum absolute atomic E-state index is 12.6. The summed E-state index contributed by atoms with van der Waals surface area (Å²) < 4.78 is 0.900. The summed E-state index contributed by atoms with van der Waals surface area (Å²) in [6.07, 6.45) is 1.25. The third-order valence-electron chi connectivity index (χ3n) is 4.85. The van der Waals surface area contributed by atoms with Gasteiger partial charge in [-0.1, -0.05) is 60.7 Å². The number of hydrogen-bond donors (Lipinski definition) is 3. The molecular weight excluding hydrogens is 452 g/mol. The summed E-state index contributed by atoms with van der Waals surface area (Å²) in [6.45, 7) is 1.96. The molecule has 8 heteroatoms. The van der Waals surface area contributed by atoms with Crippen molar-refractivity contribution in [1.29, 1.82) is 0 Å². The lowest BCUT2D eigenvalue weighted by molar-refractivity contribution is -0.116. The van der Waals surface area contributed by atoms with Crippen molar-refractivity contribution in [2.45, 2.75) is 19.8 Å². The normalized spacial score (nSPS) is 10.6. The van der Waals surface area contributed by atoms with E-state index in [2.05, 4.69) is 20.9 Å². The lowest BCUT2D eigenvalue weighted by Crippen LogP contribution is -2.34. The molecule has 6 nitrogen and oxygen atoms in total. The predicted octanol–water partition coefficient (Wildman–Crippen LogP) is 5.83. The maximum atomic E-state index is 12.6. The molecule has 0 aliphatic rings. The van der Waals surface area contributed by atoms with E-state index in [0.717, 1.165) is 33.5 Å². The summed E-state index contributed by atoms with van der Waals surface area (Å²) in [5.41, 5.74) is 4.15. The molecule has 2 amide bonds. The second kappa shape index (κ2) is 10.3. The average molecular weight is 475 g/mol. The van der Waals surface area contributed by atoms with Crippen LogP contribution in [0, 0.1) is 0 Å². The molecule has 0 aliphatic carbocycles. The van der Waals surface area contributed by atoms with Crippen LogP contribution in [0.3, 0.4) is 0 Å². The van der Waals surface area contributed by atoms with Crippen LogP contribution in [-0.4, -0.2) is 21.9 Å². The zero-order chi connectivity index (χ0) is 23.2. The number of fused-ring (bicyclic) bond motifs is 1. The topological polar surface area (TPSA) is 83.1 Å². The lowest BCUT2D eigenvalue weighted by atomic mass is 10.0. The Morgan fingerprint density at radius 1 is 0.939 bits per heavy atom. The first-order valence-electron chi connectivity index (χ1n) is 10.5. The molecule has 3 N–H and O–H groups in total. The number of nitrogens with one attached hydrogen (secondary N) is 3. The number of aromatic nitrogens is 1. The van der Waals surface area contributed by atoms with Gasteiger partial charge in [0.25, 0.3) is 5.91 Å². The largest absolute Gasteiger partial charge is 0.332 e. The monoisotopic (exact) mass is 474 g/mol. The van der Waals surface area contributed by atoms with Gasteiger partial charge < -0.3 is 10.6 Å². The molecule has 1 aromatic heterocycles. The van der Waals surface area contributed by atoms with E-state index in [0.29, 0.717) is 17.1 Å². The Morgan fingerprint density at radius 2 is 1.67 bits per heavy atom. The molecule has 0 spiro atoms. The molecule has 166 valence electrons. The van der Waals surface area contributed by atoms with Gasteiger partial charge in [-0.3, -0.25) is 14.9 Å². The Morgan fingerprint density at radius 3 is 2.39 bits per heavy atom. The average Bonchev–Trinajstić information content (AvgIpc) is 3.21. The van der Waals surface area contributed by atoms with Crippen LogP contribution in [-0.2, 0) is 4.79 Å². The minimum atomic E-state index is -0.285. The summed E-state index contributed by atoms with van der Waals surface area (Å²) in [5, 5.41) is 9.33. The second-order valence-corrected chi connectivity index (χ2v) is 8.79. The number of hydrogen-bond acceptors (Lipinski definition) is 5.